The quantitative estimate of drug-likeness (QED) is 0.825. The zero-order valence-corrected chi connectivity index (χ0v) is 13.1. The maximum absolute atomic E-state index is 12.0. The minimum atomic E-state index is -0.460. The summed E-state index contributed by atoms with van der Waals surface area (Å²) >= 11 is 0. The first-order chi connectivity index (χ1) is 11.6. The van der Waals surface area contributed by atoms with Gasteiger partial charge < -0.3 is 10.1 Å². The molecule has 3 rings (SSSR count). The first-order valence-corrected chi connectivity index (χ1v) is 7.58. The maximum atomic E-state index is 12.0. The molecule has 0 aromatic heterocycles. The fourth-order valence-corrected chi connectivity index (χ4v) is 2.41. The van der Waals surface area contributed by atoms with Gasteiger partial charge >= 0.3 is 0 Å². The molecule has 1 aliphatic heterocycles. The average molecular weight is 324 g/mol. The van der Waals surface area contributed by atoms with Gasteiger partial charge in [0, 0.05) is 5.69 Å². The molecule has 0 saturated heterocycles. The van der Waals surface area contributed by atoms with Crippen molar-refractivity contribution in [3.8, 4) is 5.75 Å². The number of fused-ring (bicyclic) bond motifs is 1. The summed E-state index contributed by atoms with van der Waals surface area (Å²) in [6, 6.07) is 12.1. The van der Waals surface area contributed by atoms with Crippen molar-refractivity contribution >= 4 is 23.4 Å². The second kappa shape index (κ2) is 6.54. The van der Waals surface area contributed by atoms with E-state index in [0.29, 0.717) is 17.0 Å². The van der Waals surface area contributed by atoms with Gasteiger partial charge in [-0.05, 0) is 42.3 Å². The van der Waals surface area contributed by atoms with Gasteiger partial charge in [0.25, 0.3) is 17.7 Å². The topological polar surface area (TPSA) is 84.5 Å². The summed E-state index contributed by atoms with van der Waals surface area (Å²) in [6.07, 6.45) is 0.940. The number of benzene rings is 2. The van der Waals surface area contributed by atoms with Crippen LogP contribution in [-0.4, -0.2) is 24.3 Å². The van der Waals surface area contributed by atoms with E-state index in [-0.39, 0.29) is 18.1 Å². The fourth-order valence-electron chi connectivity index (χ4n) is 2.41. The molecule has 0 bridgehead atoms. The Balaban J connectivity index is 1.60. The lowest BCUT2D eigenvalue weighted by atomic mass is 10.1. The van der Waals surface area contributed by atoms with Crippen LogP contribution in [0.4, 0.5) is 5.69 Å². The highest BCUT2D eigenvalue weighted by Crippen LogP contribution is 2.20. The fraction of sp³-hybridized carbons (Fsp3) is 0.167. The zero-order valence-electron chi connectivity index (χ0n) is 13.1. The molecule has 0 fully saturated rings. The van der Waals surface area contributed by atoms with E-state index in [1.165, 1.54) is 17.7 Å². The Morgan fingerprint density at radius 3 is 2.46 bits per heavy atom. The number of rotatable bonds is 5. The van der Waals surface area contributed by atoms with Gasteiger partial charge in [-0.2, -0.15) is 0 Å². The van der Waals surface area contributed by atoms with E-state index in [1.54, 1.807) is 6.07 Å². The maximum Gasteiger partial charge on any atom is 0.262 e. The number of carbonyl (C=O) groups is 3. The SMILES string of the molecule is CCc1ccc(OCC(=O)Nc2ccc3c(c2)C(=O)NC3=O)cc1. The minimum Gasteiger partial charge on any atom is -0.484 e. The standard InChI is InChI=1S/C18H16N2O4/c1-2-11-3-6-13(7-4-11)24-10-16(21)19-12-5-8-14-15(9-12)18(23)20-17(14)22/h3-9H,2,10H2,1H3,(H,19,21)(H,20,22,23). The van der Waals surface area contributed by atoms with Crippen LogP contribution >= 0.6 is 0 Å². The van der Waals surface area contributed by atoms with E-state index in [4.69, 9.17) is 4.74 Å². The van der Waals surface area contributed by atoms with Gasteiger partial charge in [-0.3, -0.25) is 19.7 Å². The predicted octanol–water partition coefficient (Wildman–Crippen LogP) is 2.15. The molecule has 0 spiro atoms. The van der Waals surface area contributed by atoms with Crippen LogP contribution in [-0.2, 0) is 11.2 Å². The molecule has 122 valence electrons. The predicted molar refractivity (Wildman–Crippen MR) is 88.2 cm³/mol. The van der Waals surface area contributed by atoms with Crippen LogP contribution in [0.25, 0.3) is 0 Å². The molecule has 6 nitrogen and oxygen atoms in total. The second-order valence-corrected chi connectivity index (χ2v) is 5.38. The third-order valence-corrected chi connectivity index (χ3v) is 3.72. The smallest absolute Gasteiger partial charge is 0.262 e. The van der Waals surface area contributed by atoms with Crippen LogP contribution in [0.15, 0.2) is 42.5 Å². The number of carbonyl (C=O) groups excluding carboxylic acids is 3. The third-order valence-electron chi connectivity index (χ3n) is 3.72. The summed E-state index contributed by atoms with van der Waals surface area (Å²) in [5.74, 6) is -0.620. The molecule has 2 N–H and O–H groups in total. The van der Waals surface area contributed by atoms with Crippen molar-refractivity contribution in [2.24, 2.45) is 0 Å². The summed E-state index contributed by atoms with van der Waals surface area (Å²) in [5.41, 5.74) is 2.20. The first kappa shape index (κ1) is 15.7. The van der Waals surface area contributed by atoms with Gasteiger partial charge in [-0.25, -0.2) is 0 Å². The molecule has 1 aliphatic rings. The molecular formula is C18H16N2O4. The minimum absolute atomic E-state index is 0.145. The number of aryl methyl sites for hydroxylation is 1. The van der Waals surface area contributed by atoms with Crippen molar-refractivity contribution in [2.45, 2.75) is 13.3 Å². The van der Waals surface area contributed by atoms with Gasteiger partial charge in [0.1, 0.15) is 5.75 Å². The normalized spacial score (nSPS) is 12.5. The van der Waals surface area contributed by atoms with Crippen LogP contribution in [0.3, 0.4) is 0 Å². The average Bonchev–Trinajstić information content (AvgIpc) is 2.87. The summed E-state index contributed by atoms with van der Waals surface area (Å²) in [6.45, 7) is 1.92. The highest BCUT2D eigenvalue weighted by molar-refractivity contribution is 6.22. The highest BCUT2D eigenvalue weighted by Gasteiger charge is 2.26. The molecule has 3 amide bonds. The molecular weight excluding hydrogens is 308 g/mol. The second-order valence-electron chi connectivity index (χ2n) is 5.38. The Labute approximate surface area is 138 Å². The molecule has 24 heavy (non-hydrogen) atoms. The highest BCUT2D eigenvalue weighted by atomic mass is 16.5. The Kier molecular flexibility index (Phi) is 4.29. The van der Waals surface area contributed by atoms with Gasteiger partial charge in [0.15, 0.2) is 6.61 Å². The summed E-state index contributed by atoms with van der Waals surface area (Å²) in [4.78, 5) is 35.0. The van der Waals surface area contributed by atoms with Crippen molar-refractivity contribution in [1.29, 1.82) is 0 Å². The van der Waals surface area contributed by atoms with Crippen molar-refractivity contribution in [1.82, 2.24) is 5.32 Å². The number of imide groups is 1. The van der Waals surface area contributed by atoms with Crippen molar-refractivity contribution < 1.29 is 19.1 Å². The van der Waals surface area contributed by atoms with Crippen LogP contribution < -0.4 is 15.4 Å². The van der Waals surface area contributed by atoms with Crippen LogP contribution in [0.5, 0.6) is 5.75 Å². The Bertz CT molecular complexity index is 812. The molecule has 0 atom stereocenters. The van der Waals surface area contributed by atoms with Crippen molar-refractivity contribution in [3.05, 3.63) is 59.2 Å². The Morgan fingerprint density at radius 2 is 1.75 bits per heavy atom. The van der Waals surface area contributed by atoms with E-state index >= 15 is 0 Å². The van der Waals surface area contributed by atoms with E-state index in [0.717, 1.165) is 6.42 Å². The summed E-state index contributed by atoms with van der Waals surface area (Å²) in [5, 5.41) is 4.85. The monoisotopic (exact) mass is 324 g/mol. The summed E-state index contributed by atoms with van der Waals surface area (Å²) in [7, 11) is 0. The molecule has 0 saturated carbocycles. The molecule has 2 aromatic carbocycles. The Hall–Kier alpha value is -3.15. The van der Waals surface area contributed by atoms with Gasteiger partial charge in [0.2, 0.25) is 0 Å². The van der Waals surface area contributed by atoms with E-state index in [2.05, 4.69) is 17.6 Å². The number of anilines is 1. The largest absolute Gasteiger partial charge is 0.484 e. The van der Waals surface area contributed by atoms with E-state index in [1.807, 2.05) is 24.3 Å². The van der Waals surface area contributed by atoms with E-state index in [9.17, 15) is 14.4 Å². The number of hydrogen-bond acceptors (Lipinski definition) is 4. The van der Waals surface area contributed by atoms with Crippen LogP contribution in [0, 0.1) is 0 Å². The number of amides is 3. The number of nitrogens with one attached hydrogen (secondary N) is 2. The third kappa shape index (κ3) is 3.27. The molecule has 2 aromatic rings. The van der Waals surface area contributed by atoms with Crippen molar-refractivity contribution in [2.75, 3.05) is 11.9 Å². The summed E-state index contributed by atoms with van der Waals surface area (Å²) < 4.78 is 5.42. The Morgan fingerprint density at radius 1 is 1.04 bits per heavy atom. The number of ether oxygens (including phenoxy) is 1. The molecule has 0 unspecified atom stereocenters. The molecule has 0 aliphatic carbocycles. The van der Waals surface area contributed by atoms with Crippen molar-refractivity contribution in [3.63, 3.8) is 0 Å². The van der Waals surface area contributed by atoms with Crippen LogP contribution in [0.1, 0.15) is 33.2 Å². The molecule has 6 heteroatoms. The van der Waals surface area contributed by atoms with E-state index < -0.39 is 11.8 Å². The van der Waals surface area contributed by atoms with Crippen LogP contribution in [0.2, 0.25) is 0 Å². The molecule has 0 radical (unpaired) electrons. The lowest BCUT2D eigenvalue weighted by Crippen LogP contribution is -2.20. The lowest BCUT2D eigenvalue weighted by Gasteiger charge is -2.08. The van der Waals surface area contributed by atoms with Gasteiger partial charge in [-0.1, -0.05) is 19.1 Å². The van der Waals surface area contributed by atoms with Gasteiger partial charge in [-0.15, -0.1) is 0 Å². The lowest BCUT2D eigenvalue weighted by molar-refractivity contribution is -0.118. The van der Waals surface area contributed by atoms with Gasteiger partial charge in [0.05, 0.1) is 11.1 Å². The first-order valence-electron chi connectivity index (χ1n) is 7.58. The zero-order chi connectivity index (χ0) is 17.1. The molecule has 1 heterocycles. The number of hydrogen-bond donors (Lipinski definition) is 2.